The largest absolute Gasteiger partial charge is 0.457 e. The second-order valence-electron chi connectivity index (χ2n) is 7.17. The van der Waals surface area contributed by atoms with Crippen LogP contribution in [0.1, 0.15) is 33.1 Å². The van der Waals surface area contributed by atoms with Gasteiger partial charge in [-0.25, -0.2) is 9.59 Å². The molecule has 146 valence electrons. The van der Waals surface area contributed by atoms with Crippen molar-refractivity contribution < 1.29 is 33.7 Å². The zero-order valence-electron chi connectivity index (χ0n) is 15.5. The molecule has 2 heterocycles. The second kappa shape index (κ2) is 7.68. The minimum atomic E-state index is -0.762. The molecule has 2 bridgehead atoms. The molecule has 0 radical (unpaired) electrons. The normalized spacial score (nSPS) is 33.2. The lowest BCUT2D eigenvalue weighted by Gasteiger charge is -2.22. The highest BCUT2D eigenvalue weighted by atomic mass is 16.6. The molecule has 7 heteroatoms. The number of carbonyl (C=O) groups is 3. The van der Waals surface area contributed by atoms with E-state index in [-0.39, 0.29) is 29.6 Å². The van der Waals surface area contributed by atoms with E-state index in [4.69, 9.17) is 14.2 Å². The Bertz CT molecular complexity index is 733. The fourth-order valence-corrected chi connectivity index (χ4v) is 3.48. The zero-order valence-corrected chi connectivity index (χ0v) is 15.5. The molecule has 3 aliphatic rings. The predicted octanol–water partition coefficient (Wildman–Crippen LogP) is 1.61. The summed E-state index contributed by atoms with van der Waals surface area (Å²) in [6, 6.07) is 0. The molecule has 0 aromatic carbocycles. The first kappa shape index (κ1) is 19.4. The van der Waals surface area contributed by atoms with Crippen LogP contribution in [0.15, 0.2) is 35.5 Å². The van der Waals surface area contributed by atoms with Crippen molar-refractivity contribution in [3.05, 3.63) is 35.5 Å². The van der Waals surface area contributed by atoms with Crippen molar-refractivity contribution in [3.63, 3.8) is 0 Å². The summed E-state index contributed by atoms with van der Waals surface area (Å²) in [6.45, 7) is 7.19. The van der Waals surface area contributed by atoms with Gasteiger partial charge in [0, 0.05) is 5.57 Å². The van der Waals surface area contributed by atoms with Gasteiger partial charge in [0.1, 0.15) is 18.3 Å². The van der Waals surface area contributed by atoms with Gasteiger partial charge in [-0.3, -0.25) is 4.79 Å². The van der Waals surface area contributed by atoms with Gasteiger partial charge in [-0.2, -0.15) is 0 Å². The summed E-state index contributed by atoms with van der Waals surface area (Å²) in [7, 11) is 0. The summed E-state index contributed by atoms with van der Waals surface area (Å²) in [5.41, 5.74) is 1.13. The Morgan fingerprint density at radius 1 is 1.30 bits per heavy atom. The maximum atomic E-state index is 12.4. The van der Waals surface area contributed by atoms with Gasteiger partial charge >= 0.3 is 17.9 Å². The summed E-state index contributed by atoms with van der Waals surface area (Å²) in [5, 5.41) is 9.66. The lowest BCUT2D eigenvalue weighted by Crippen LogP contribution is -2.28. The van der Waals surface area contributed by atoms with Crippen LogP contribution >= 0.6 is 0 Å². The highest BCUT2D eigenvalue weighted by Crippen LogP contribution is 2.38. The molecule has 1 N–H and O–H groups in total. The molecule has 1 fully saturated rings. The molecule has 0 spiro atoms. The van der Waals surface area contributed by atoms with Gasteiger partial charge in [0.05, 0.1) is 24.0 Å². The van der Waals surface area contributed by atoms with Crippen molar-refractivity contribution >= 4 is 17.9 Å². The lowest BCUT2D eigenvalue weighted by molar-refractivity contribution is -0.153. The van der Waals surface area contributed by atoms with Crippen LogP contribution in [0.4, 0.5) is 0 Å². The number of esters is 3. The van der Waals surface area contributed by atoms with Crippen LogP contribution < -0.4 is 0 Å². The van der Waals surface area contributed by atoms with Gasteiger partial charge < -0.3 is 19.3 Å². The number of aliphatic hydroxyl groups is 1. The summed E-state index contributed by atoms with van der Waals surface area (Å²) in [6.07, 6.45) is 2.49. The van der Waals surface area contributed by atoms with Crippen molar-refractivity contribution in [3.8, 4) is 0 Å². The van der Waals surface area contributed by atoms with Crippen molar-refractivity contribution in [2.24, 2.45) is 11.8 Å². The molecule has 0 aromatic rings. The molecule has 1 unspecified atom stereocenters. The van der Waals surface area contributed by atoms with E-state index in [1.165, 1.54) is 0 Å². The molecule has 5 atom stereocenters. The number of rotatable bonds is 4. The zero-order chi connectivity index (χ0) is 19.7. The summed E-state index contributed by atoms with van der Waals surface area (Å²) < 4.78 is 16.4. The molecule has 2 aliphatic heterocycles. The lowest BCUT2D eigenvalue weighted by atomic mass is 9.87. The molecular formula is C20H24O7. The van der Waals surface area contributed by atoms with Crippen molar-refractivity contribution in [1.82, 2.24) is 0 Å². The van der Waals surface area contributed by atoms with E-state index in [1.54, 1.807) is 19.1 Å². The first-order chi connectivity index (χ1) is 12.8. The molecule has 3 rings (SSSR count). The Hall–Kier alpha value is -2.41. The third-order valence-corrected chi connectivity index (χ3v) is 5.39. The van der Waals surface area contributed by atoms with Crippen molar-refractivity contribution in [1.29, 1.82) is 0 Å². The molecule has 1 aliphatic carbocycles. The van der Waals surface area contributed by atoms with Crippen molar-refractivity contribution in [2.75, 3.05) is 6.61 Å². The molecule has 0 aromatic heterocycles. The van der Waals surface area contributed by atoms with E-state index in [0.717, 1.165) is 0 Å². The molecule has 0 amide bonds. The molecule has 1 saturated heterocycles. The van der Waals surface area contributed by atoms with Crippen LogP contribution in [-0.2, 0) is 28.6 Å². The molecular weight excluding hydrogens is 352 g/mol. The summed E-state index contributed by atoms with van der Waals surface area (Å²) >= 11 is 0. The van der Waals surface area contributed by atoms with Crippen LogP contribution in [0.2, 0.25) is 0 Å². The molecule has 7 nitrogen and oxygen atoms in total. The third-order valence-electron chi connectivity index (χ3n) is 5.39. The number of hydrogen-bond donors (Lipinski definition) is 1. The van der Waals surface area contributed by atoms with Crippen LogP contribution in [0, 0.1) is 11.8 Å². The van der Waals surface area contributed by atoms with Gasteiger partial charge in [0.25, 0.3) is 0 Å². The Morgan fingerprint density at radius 2 is 1.96 bits per heavy atom. The van der Waals surface area contributed by atoms with Gasteiger partial charge in [0.15, 0.2) is 0 Å². The molecule has 27 heavy (non-hydrogen) atoms. The third kappa shape index (κ3) is 3.69. The summed E-state index contributed by atoms with van der Waals surface area (Å²) in [4.78, 5) is 36.7. The van der Waals surface area contributed by atoms with Gasteiger partial charge in [-0.1, -0.05) is 20.4 Å². The topological polar surface area (TPSA) is 99.1 Å². The molecule has 0 saturated carbocycles. The minimum Gasteiger partial charge on any atom is -0.457 e. The monoisotopic (exact) mass is 376 g/mol. The average Bonchev–Trinajstić information content (AvgIpc) is 3.15. The second-order valence-corrected chi connectivity index (χ2v) is 7.17. The maximum Gasteiger partial charge on any atom is 0.338 e. The number of hydrogen-bond acceptors (Lipinski definition) is 7. The van der Waals surface area contributed by atoms with Gasteiger partial charge in [0.2, 0.25) is 0 Å². The van der Waals surface area contributed by atoms with Crippen LogP contribution in [0.3, 0.4) is 0 Å². The number of fused-ring (bicyclic) bond motifs is 3. The van der Waals surface area contributed by atoms with Gasteiger partial charge in [-0.05, 0) is 37.0 Å². The number of carbonyl (C=O) groups excluding carboxylic acids is 3. The Kier molecular flexibility index (Phi) is 5.51. The first-order valence-corrected chi connectivity index (χ1v) is 9.19. The highest BCUT2D eigenvalue weighted by Gasteiger charge is 2.47. The van der Waals surface area contributed by atoms with E-state index in [9.17, 15) is 19.5 Å². The predicted molar refractivity (Wildman–Crippen MR) is 94.2 cm³/mol. The van der Waals surface area contributed by atoms with Crippen LogP contribution in [-0.4, -0.2) is 47.9 Å². The fraction of sp³-hybridized carbons (Fsp3) is 0.550. The fourth-order valence-electron chi connectivity index (χ4n) is 3.48. The summed E-state index contributed by atoms with van der Waals surface area (Å²) in [5.74, 6) is -2.35. The van der Waals surface area contributed by atoms with E-state index in [0.29, 0.717) is 24.8 Å². The maximum absolute atomic E-state index is 12.4. The van der Waals surface area contributed by atoms with E-state index in [2.05, 4.69) is 6.58 Å². The Morgan fingerprint density at radius 3 is 2.63 bits per heavy atom. The SMILES string of the molecule is C=C1C(=O)O[C@@H]2/C=C(/CO)CC[C@@H](OC(=O)C(C)CC)C3=C[C@@H](OC3=O)[C@@H]12. The average molecular weight is 376 g/mol. The minimum absolute atomic E-state index is 0.220. The van der Waals surface area contributed by atoms with Gasteiger partial charge in [-0.15, -0.1) is 0 Å². The van der Waals surface area contributed by atoms with Crippen LogP contribution in [0.5, 0.6) is 0 Å². The smallest absolute Gasteiger partial charge is 0.338 e. The standard InChI is InChI=1S/C20H24O7/c1-4-10(2)18(22)25-14-6-5-12(9-21)7-15-17(11(3)19(23)26-15)16-8-13(14)20(24)27-16/h7-8,10,14-17,21H,3-6,9H2,1-2H3/b12-7+/t10?,14-,15-,16-,17+/m1/s1. The highest BCUT2D eigenvalue weighted by molar-refractivity contribution is 5.94. The number of aliphatic hydroxyl groups excluding tert-OH is 1. The Balaban J connectivity index is 1.94. The first-order valence-electron chi connectivity index (χ1n) is 9.19. The van der Waals surface area contributed by atoms with E-state index in [1.807, 2.05) is 6.92 Å². The Labute approximate surface area is 157 Å². The van der Waals surface area contributed by atoms with Crippen LogP contribution in [0.25, 0.3) is 0 Å². The van der Waals surface area contributed by atoms with Crippen molar-refractivity contribution in [2.45, 2.75) is 51.4 Å². The van der Waals surface area contributed by atoms with E-state index >= 15 is 0 Å². The van der Waals surface area contributed by atoms with E-state index < -0.39 is 36.2 Å². The number of ether oxygens (including phenoxy) is 3. The quantitative estimate of drug-likeness (QED) is 0.344.